The van der Waals surface area contributed by atoms with Crippen molar-refractivity contribution in [2.24, 2.45) is 0 Å². The summed E-state index contributed by atoms with van der Waals surface area (Å²) < 4.78 is 26.1. The highest BCUT2D eigenvalue weighted by Crippen LogP contribution is 2.09. The number of benzene rings is 1. The molecule has 0 aliphatic carbocycles. The molecule has 0 heterocycles. The summed E-state index contributed by atoms with van der Waals surface area (Å²) in [6, 6.07) is 2.72. The van der Waals surface area contributed by atoms with Crippen molar-refractivity contribution in [1.29, 1.82) is 0 Å². The number of amides is 2. The molecule has 0 aliphatic heterocycles. The Kier molecular flexibility index (Phi) is 7.45. The molecule has 1 aromatic carbocycles. The van der Waals surface area contributed by atoms with Crippen molar-refractivity contribution in [3.05, 3.63) is 35.4 Å². The van der Waals surface area contributed by atoms with Crippen molar-refractivity contribution in [3.8, 4) is 0 Å². The Morgan fingerprint density at radius 2 is 1.95 bits per heavy atom. The smallest absolute Gasteiger partial charge is 0.254 e. The average molecular weight is 314 g/mol. The van der Waals surface area contributed by atoms with Gasteiger partial charge in [-0.15, -0.1) is 0 Å². The number of hydrogen-bond donors (Lipinski definition) is 3. The Bertz CT molecular complexity index is 522. The number of rotatable bonds is 8. The van der Waals surface area contributed by atoms with Crippen LogP contribution in [0.15, 0.2) is 18.2 Å². The molecule has 7 heteroatoms. The lowest BCUT2D eigenvalue weighted by Gasteiger charge is -2.08. The molecule has 5 nitrogen and oxygen atoms in total. The molecule has 2 amide bonds. The first-order chi connectivity index (χ1) is 10.4. The van der Waals surface area contributed by atoms with E-state index in [-0.39, 0.29) is 24.4 Å². The van der Waals surface area contributed by atoms with Crippen molar-refractivity contribution >= 4 is 11.8 Å². The quantitative estimate of drug-likeness (QED) is 0.634. The molecule has 0 aromatic heterocycles. The predicted octanol–water partition coefficient (Wildman–Crippen LogP) is 1.36. The molecule has 122 valence electrons. The molecule has 0 aliphatic rings. The maximum absolute atomic E-state index is 13.4. The molecule has 3 N–H and O–H groups in total. The summed E-state index contributed by atoms with van der Waals surface area (Å²) >= 11 is 0. The minimum atomic E-state index is -0.923. The topological polar surface area (TPSA) is 78.4 Å². The van der Waals surface area contributed by atoms with Crippen LogP contribution in [0.4, 0.5) is 8.78 Å². The van der Waals surface area contributed by atoms with Crippen molar-refractivity contribution < 1.29 is 23.5 Å². The largest absolute Gasteiger partial charge is 0.393 e. The van der Waals surface area contributed by atoms with Crippen molar-refractivity contribution in [2.75, 3.05) is 13.1 Å². The zero-order valence-electron chi connectivity index (χ0n) is 12.4. The van der Waals surface area contributed by atoms with Crippen molar-refractivity contribution in [2.45, 2.75) is 32.3 Å². The van der Waals surface area contributed by atoms with Gasteiger partial charge in [0.1, 0.15) is 11.6 Å². The lowest BCUT2D eigenvalue weighted by atomic mass is 10.2. The summed E-state index contributed by atoms with van der Waals surface area (Å²) in [6.45, 7) is 2.24. The zero-order chi connectivity index (χ0) is 16.5. The minimum absolute atomic E-state index is 0.178. The average Bonchev–Trinajstić information content (AvgIpc) is 2.43. The first kappa shape index (κ1) is 18.0. The third-order valence-corrected chi connectivity index (χ3v) is 2.93. The van der Waals surface area contributed by atoms with E-state index in [0.29, 0.717) is 25.5 Å². The predicted molar refractivity (Wildman–Crippen MR) is 77.2 cm³/mol. The van der Waals surface area contributed by atoms with Crippen LogP contribution < -0.4 is 10.6 Å². The number of aliphatic hydroxyl groups excluding tert-OH is 1. The maximum Gasteiger partial charge on any atom is 0.254 e. The van der Waals surface area contributed by atoms with Crippen LogP contribution in [0.2, 0.25) is 0 Å². The van der Waals surface area contributed by atoms with Gasteiger partial charge in [0, 0.05) is 25.6 Å². The Morgan fingerprint density at radius 1 is 1.23 bits per heavy atom. The fraction of sp³-hybridized carbons (Fsp3) is 0.467. The molecule has 1 unspecified atom stereocenters. The normalized spacial score (nSPS) is 11.8. The molecular formula is C15H20F2N2O3. The van der Waals surface area contributed by atoms with Crippen molar-refractivity contribution in [1.82, 2.24) is 10.6 Å². The Morgan fingerprint density at radius 3 is 2.59 bits per heavy atom. The third kappa shape index (κ3) is 6.62. The van der Waals surface area contributed by atoms with E-state index in [1.54, 1.807) is 6.92 Å². The second-order valence-corrected chi connectivity index (χ2v) is 4.97. The molecule has 22 heavy (non-hydrogen) atoms. The van der Waals surface area contributed by atoms with E-state index >= 15 is 0 Å². The van der Waals surface area contributed by atoms with Gasteiger partial charge in [-0.2, -0.15) is 0 Å². The zero-order valence-corrected chi connectivity index (χ0v) is 12.4. The van der Waals surface area contributed by atoms with E-state index in [1.807, 2.05) is 0 Å². The summed E-state index contributed by atoms with van der Waals surface area (Å²) in [5, 5.41) is 14.1. The van der Waals surface area contributed by atoms with Gasteiger partial charge in [0.15, 0.2) is 0 Å². The number of carbonyl (C=O) groups is 2. The Hall–Kier alpha value is -2.02. The highest BCUT2D eigenvalue weighted by Gasteiger charge is 2.12. The van der Waals surface area contributed by atoms with E-state index < -0.39 is 23.6 Å². The third-order valence-electron chi connectivity index (χ3n) is 2.93. The van der Waals surface area contributed by atoms with E-state index in [9.17, 15) is 18.4 Å². The molecular weight excluding hydrogens is 294 g/mol. The second-order valence-electron chi connectivity index (χ2n) is 4.97. The first-order valence-electron chi connectivity index (χ1n) is 7.08. The van der Waals surface area contributed by atoms with Gasteiger partial charge in [-0.3, -0.25) is 9.59 Å². The molecule has 1 atom stereocenters. The SMILES string of the molecule is CC(O)CCNC(=O)CCCNC(=O)c1ccc(F)cc1F. The standard InChI is InChI=1S/C15H20F2N2O3/c1-10(20)6-8-18-14(21)3-2-7-19-15(22)12-5-4-11(16)9-13(12)17/h4-5,9-10,20H,2-3,6-8H2,1H3,(H,18,21)(H,19,22). The number of aliphatic hydroxyl groups is 1. The summed E-state index contributed by atoms with van der Waals surface area (Å²) in [5.41, 5.74) is -0.234. The van der Waals surface area contributed by atoms with Gasteiger partial charge in [-0.1, -0.05) is 0 Å². The van der Waals surface area contributed by atoms with Crippen molar-refractivity contribution in [3.63, 3.8) is 0 Å². The van der Waals surface area contributed by atoms with Crippen LogP contribution in [0, 0.1) is 11.6 Å². The number of hydrogen-bond acceptors (Lipinski definition) is 3. The van der Waals surface area contributed by atoms with Crippen LogP contribution >= 0.6 is 0 Å². The maximum atomic E-state index is 13.4. The van der Waals surface area contributed by atoms with Gasteiger partial charge in [0.25, 0.3) is 5.91 Å². The Labute approximate surface area is 127 Å². The van der Waals surface area contributed by atoms with E-state index in [0.717, 1.165) is 12.1 Å². The monoisotopic (exact) mass is 314 g/mol. The van der Waals surface area contributed by atoms with Crippen LogP contribution in [-0.4, -0.2) is 36.1 Å². The first-order valence-corrected chi connectivity index (χ1v) is 7.08. The van der Waals surface area contributed by atoms with Gasteiger partial charge in [0.2, 0.25) is 5.91 Å². The van der Waals surface area contributed by atoms with Crippen LogP contribution in [-0.2, 0) is 4.79 Å². The van der Waals surface area contributed by atoms with E-state index in [4.69, 9.17) is 5.11 Å². The van der Waals surface area contributed by atoms with E-state index in [1.165, 1.54) is 0 Å². The molecule has 0 radical (unpaired) electrons. The number of nitrogens with one attached hydrogen (secondary N) is 2. The van der Waals surface area contributed by atoms with Crippen LogP contribution in [0.1, 0.15) is 36.5 Å². The van der Waals surface area contributed by atoms with Gasteiger partial charge in [-0.25, -0.2) is 8.78 Å². The lowest BCUT2D eigenvalue weighted by molar-refractivity contribution is -0.121. The lowest BCUT2D eigenvalue weighted by Crippen LogP contribution is -2.29. The molecule has 0 fully saturated rings. The van der Waals surface area contributed by atoms with E-state index in [2.05, 4.69) is 10.6 Å². The second kappa shape index (κ2) is 9.09. The van der Waals surface area contributed by atoms with Crippen LogP contribution in [0.3, 0.4) is 0 Å². The molecule has 0 bridgehead atoms. The van der Waals surface area contributed by atoms with Gasteiger partial charge in [0.05, 0.1) is 11.7 Å². The number of halogens is 2. The minimum Gasteiger partial charge on any atom is -0.393 e. The molecule has 1 rings (SSSR count). The molecule has 0 spiro atoms. The van der Waals surface area contributed by atoms with Gasteiger partial charge in [-0.05, 0) is 31.9 Å². The number of carbonyl (C=O) groups excluding carboxylic acids is 2. The Balaban J connectivity index is 2.24. The highest BCUT2D eigenvalue weighted by molar-refractivity contribution is 5.94. The molecule has 0 saturated carbocycles. The fourth-order valence-corrected chi connectivity index (χ4v) is 1.73. The molecule has 1 aromatic rings. The summed E-state index contributed by atoms with van der Waals surface area (Å²) in [6.07, 6.45) is 0.623. The molecule has 0 saturated heterocycles. The highest BCUT2D eigenvalue weighted by atomic mass is 19.1. The summed E-state index contributed by atoms with van der Waals surface area (Å²) in [7, 11) is 0. The van der Waals surface area contributed by atoms with Gasteiger partial charge < -0.3 is 15.7 Å². The van der Waals surface area contributed by atoms with Crippen LogP contribution in [0.25, 0.3) is 0 Å². The van der Waals surface area contributed by atoms with Crippen LogP contribution in [0.5, 0.6) is 0 Å². The fourth-order valence-electron chi connectivity index (χ4n) is 1.73. The summed E-state index contributed by atoms with van der Waals surface area (Å²) in [4.78, 5) is 23.1. The van der Waals surface area contributed by atoms with Gasteiger partial charge >= 0.3 is 0 Å². The summed E-state index contributed by atoms with van der Waals surface area (Å²) in [5.74, 6) is -2.49.